The van der Waals surface area contributed by atoms with Crippen LogP contribution in [0.5, 0.6) is 0 Å². The molecule has 1 amide bonds. The first-order valence-corrected chi connectivity index (χ1v) is 12.5. The smallest absolute Gasteiger partial charge is 0.253 e. The van der Waals surface area contributed by atoms with Gasteiger partial charge in [-0.2, -0.15) is 4.31 Å². The Morgan fingerprint density at radius 2 is 1.61 bits per heavy atom. The second-order valence-electron chi connectivity index (χ2n) is 7.78. The van der Waals surface area contributed by atoms with Crippen LogP contribution < -0.4 is 5.32 Å². The minimum Gasteiger partial charge on any atom is -0.379 e. The van der Waals surface area contributed by atoms with Gasteiger partial charge in [-0.3, -0.25) is 4.79 Å². The molecule has 0 aliphatic carbocycles. The van der Waals surface area contributed by atoms with Crippen molar-refractivity contribution in [1.29, 1.82) is 0 Å². The number of benzene rings is 3. The Balaban J connectivity index is 1.61. The number of sulfonamides is 1. The van der Waals surface area contributed by atoms with Gasteiger partial charge in [0.1, 0.15) is 0 Å². The molecular weight excluding hydrogens is 460 g/mol. The highest BCUT2D eigenvalue weighted by Gasteiger charge is 2.28. The molecule has 3 aromatic rings. The zero-order valence-corrected chi connectivity index (χ0v) is 19.6. The lowest BCUT2D eigenvalue weighted by Crippen LogP contribution is -2.40. The number of morpholine rings is 1. The second kappa shape index (κ2) is 10.5. The van der Waals surface area contributed by atoms with Crippen molar-refractivity contribution in [3.05, 3.63) is 101 Å². The highest BCUT2D eigenvalue weighted by Crippen LogP contribution is 2.25. The van der Waals surface area contributed by atoms with Gasteiger partial charge in [0.05, 0.1) is 34.7 Å². The number of hydrogen-bond acceptors (Lipinski definition) is 4. The Morgan fingerprint density at radius 1 is 0.970 bits per heavy atom. The lowest BCUT2D eigenvalue weighted by Gasteiger charge is -2.26. The molecule has 0 aromatic heterocycles. The predicted octanol–water partition coefficient (Wildman–Crippen LogP) is 4.07. The summed E-state index contributed by atoms with van der Waals surface area (Å²) >= 11 is 6.33. The van der Waals surface area contributed by atoms with Crippen LogP contribution in [-0.4, -0.2) is 44.9 Å². The van der Waals surface area contributed by atoms with Gasteiger partial charge >= 0.3 is 0 Å². The number of halogens is 1. The van der Waals surface area contributed by atoms with Crippen molar-refractivity contribution in [2.45, 2.75) is 17.4 Å². The molecule has 1 aliphatic heterocycles. The molecule has 0 spiro atoms. The zero-order valence-electron chi connectivity index (χ0n) is 18.0. The Hall–Kier alpha value is -2.71. The Labute approximate surface area is 199 Å². The summed E-state index contributed by atoms with van der Waals surface area (Å²) in [6.45, 7) is 1.25. The first-order chi connectivity index (χ1) is 15.9. The monoisotopic (exact) mass is 484 g/mol. The first kappa shape index (κ1) is 23.4. The van der Waals surface area contributed by atoms with E-state index < -0.39 is 15.9 Å². The number of hydrogen-bond donors (Lipinski definition) is 1. The molecule has 0 radical (unpaired) electrons. The standard InChI is InChI=1S/C25H25ClN2O4S/c26-23-12-11-21(33(30,31)28-13-15-32-16-14-28)18-22(23)25(29)27-24(20-9-5-2-6-10-20)17-19-7-3-1-4-8-19/h1-12,18,24H,13-17H2,(H,27,29). The van der Waals surface area contributed by atoms with Gasteiger partial charge < -0.3 is 10.1 Å². The number of nitrogens with one attached hydrogen (secondary N) is 1. The van der Waals surface area contributed by atoms with E-state index in [1.807, 2.05) is 60.7 Å². The number of ether oxygens (including phenoxy) is 1. The molecule has 33 heavy (non-hydrogen) atoms. The van der Waals surface area contributed by atoms with Gasteiger partial charge in [0, 0.05) is 13.1 Å². The summed E-state index contributed by atoms with van der Waals surface area (Å²) in [5.74, 6) is -0.427. The summed E-state index contributed by atoms with van der Waals surface area (Å²) in [6, 6.07) is 23.5. The number of carbonyl (C=O) groups excluding carboxylic acids is 1. The third kappa shape index (κ3) is 5.62. The average molecular weight is 485 g/mol. The fourth-order valence-corrected chi connectivity index (χ4v) is 5.44. The van der Waals surface area contributed by atoms with Gasteiger partial charge in [0.15, 0.2) is 0 Å². The summed E-state index contributed by atoms with van der Waals surface area (Å²) in [7, 11) is -3.75. The summed E-state index contributed by atoms with van der Waals surface area (Å²) in [4.78, 5) is 13.3. The third-order valence-electron chi connectivity index (χ3n) is 5.58. The molecule has 3 aromatic carbocycles. The largest absolute Gasteiger partial charge is 0.379 e. The third-order valence-corrected chi connectivity index (χ3v) is 7.80. The van der Waals surface area contributed by atoms with Crippen molar-refractivity contribution in [3.63, 3.8) is 0 Å². The normalized spacial score (nSPS) is 15.7. The number of carbonyl (C=O) groups is 1. The fraction of sp³-hybridized carbons (Fsp3) is 0.240. The molecule has 1 N–H and O–H groups in total. The van der Waals surface area contributed by atoms with Crippen molar-refractivity contribution in [2.75, 3.05) is 26.3 Å². The summed E-state index contributed by atoms with van der Waals surface area (Å²) in [5.41, 5.74) is 2.14. The van der Waals surface area contributed by atoms with Crippen LogP contribution in [0.1, 0.15) is 27.5 Å². The van der Waals surface area contributed by atoms with Gasteiger partial charge in [0.2, 0.25) is 10.0 Å². The van der Waals surface area contributed by atoms with Crippen molar-refractivity contribution in [1.82, 2.24) is 9.62 Å². The van der Waals surface area contributed by atoms with Gasteiger partial charge in [-0.05, 0) is 35.7 Å². The maximum absolute atomic E-state index is 13.3. The van der Waals surface area contributed by atoms with Gasteiger partial charge in [-0.25, -0.2) is 8.42 Å². The van der Waals surface area contributed by atoms with Gasteiger partial charge in [-0.1, -0.05) is 72.3 Å². The highest BCUT2D eigenvalue weighted by atomic mass is 35.5. The van der Waals surface area contributed by atoms with E-state index in [-0.39, 0.29) is 34.6 Å². The van der Waals surface area contributed by atoms with E-state index in [0.717, 1.165) is 11.1 Å². The lowest BCUT2D eigenvalue weighted by molar-refractivity contribution is 0.0730. The van der Waals surface area contributed by atoms with Crippen LogP contribution in [0.3, 0.4) is 0 Å². The maximum Gasteiger partial charge on any atom is 0.253 e. The van der Waals surface area contributed by atoms with Crippen molar-refractivity contribution in [3.8, 4) is 0 Å². The molecule has 172 valence electrons. The van der Waals surface area contributed by atoms with Crippen LogP contribution in [0.4, 0.5) is 0 Å². The fourth-order valence-electron chi connectivity index (χ4n) is 3.80. The van der Waals surface area contributed by atoms with E-state index >= 15 is 0 Å². The van der Waals surface area contributed by atoms with Crippen LogP contribution in [0.2, 0.25) is 5.02 Å². The molecule has 1 fully saturated rings. The number of nitrogens with zero attached hydrogens (tertiary/aromatic N) is 1. The summed E-state index contributed by atoms with van der Waals surface area (Å²) < 4.78 is 32.7. The molecular formula is C25H25ClN2O4S. The number of amides is 1. The highest BCUT2D eigenvalue weighted by molar-refractivity contribution is 7.89. The summed E-state index contributed by atoms with van der Waals surface area (Å²) in [6.07, 6.45) is 0.583. The first-order valence-electron chi connectivity index (χ1n) is 10.7. The molecule has 1 heterocycles. The molecule has 1 unspecified atom stereocenters. The van der Waals surface area contributed by atoms with Crippen molar-refractivity contribution < 1.29 is 17.9 Å². The lowest BCUT2D eigenvalue weighted by atomic mass is 9.98. The van der Waals surface area contributed by atoms with Crippen LogP contribution in [0.25, 0.3) is 0 Å². The van der Waals surface area contributed by atoms with E-state index in [4.69, 9.17) is 16.3 Å². The van der Waals surface area contributed by atoms with E-state index in [9.17, 15) is 13.2 Å². The van der Waals surface area contributed by atoms with E-state index in [1.54, 1.807) is 0 Å². The van der Waals surface area contributed by atoms with Crippen molar-refractivity contribution in [2.24, 2.45) is 0 Å². The van der Waals surface area contributed by atoms with Gasteiger partial charge in [0.25, 0.3) is 5.91 Å². The molecule has 0 bridgehead atoms. The van der Waals surface area contributed by atoms with Crippen molar-refractivity contribution >= 4 is 27.5 Å². The Bertz CT molecular complexity index is 1200. The topological polar surface area (TPSA) is 75.7 Å². The second-order valence-corrected chi connectivity index (χ2v) is 10.1. The number of rotatable bonds is 7. The van der Waals surface area contributed by atoms with E-state index in [1.165, 1.54) is 22.5 Å². The molecule has 1 saturated heterocycles. The molecule has 1 aliphatic rings. The van der Waals surface area contributed by atoms with Crippen LogP contribution in [0.15, 0.2) is 83.8 Å². The molecule has 0 saturated carbocycles. The summed E-state index contributed by atoms with van der Waals surface area (Å²) in [5, 5.41) is 3.24. The SMILES string of the molecule is O=C(NC(Cc1ccccc1)c1ccccc1)c1cc(S(=O)(=O)N2CCOCC2)ccc1Cl. The maximum atomic E-state index is 13.3. The van der Waals surface area contributed by atoms with Crippen LogP contribution in [-0.2, 0) is 21.2 Å². The Morgan fingerprint density at radius 3 is 2.27 bits per heavy atom. The molecule has 6 nitrogen and oxygen atoms in total. The van der Waals surface area contributed by atoms with Crippen LogP contribution in [0, 0.1) is 0 Å². The predicted molar refractivity (Wildman–Crippen MR) is 128 cm³/mol. The molecule has 1 atom stereocenters. The zero-order chi connectivity index (χ0) is 23.3. The minimum atomic E-state index is -3.75. The quantitative estimate of drug-likeness (QED) is 0.548. The average Bonchev–Trinajstić information content (AvgIpc) is 2.85. The van der Waals surface area contributed by atoms with E-state index in [2.05, 4.69) is 5.32 Å². The van der Waals surface area contributed by atoms with Crippen LogP contribution >= 0.6 is 11.6 Å². The molecule has 4 rings (SSSR count). The van der Waals surface area contributed by atoms with E-state index in [0.29, 0.717) is 19.6 Å². The Kier molecular flexibility index (Phi) is 7.45. The molecule has 8 heteroatoms. The van der Waals surface area contributed by atoms with Gasteiger partial charge in [-0.15, -0.1) is 0 Å². The minimum absolute atomic E-state index is 0.0401.